The first-order valence-electron chi connectivity index (χ1n) is 6.82. The first kappa shape index (κ1) is 12.6. The van der Waals surface area contributed by atoms with Crippen molar-refractivity contribution in [3.8, 4) is 0 Å². The molecule has 3 nitrogen and oxygen atoms in total. The van der Waals surface area contributed by atoms with E-state index in [4.69, 9.17) is 0 Å². The van der Waals surface area contributed by atoms with E-state index in [1.54, 1.807) is 12.1 Å². The Morgan fingerprint density at radius 1 is 1.37 bits per heavy atom. The van der Waals surface area contributed by atoms with E-state index in [-0.39, 0.29) is 5.82 Å². The second kappa shape index (κ2) is 4.94. The molecule has 0 radical (unpaired) electrons. The number of nitrogens with zero attached hydrogens (tertiary/aromatic N) is 2. The summed E-state index contributed by atoms with van der Waals surface area (Å²) in [4.78, 5) is 2.20. The lowest BCUT2D eigenvalue weighted by atomic mass is 10.1. The van der Waals surface area contributed by atoms with Gasteiger partial charge in [0.05, 0.1) is 0 Å². The number of aromatic nitrogens is 1. The summed E-state index contributed by atoms with van der Waals surface area (Å²) < 4.78 is 15.6. The number of fused-ring (bicyclic) bond motifs is 3. The van der Waals surface area contributed by atoms with Crippen LogP contribution in [0.15, 0.2) is 24.3 Å². The fraction of sp³-hybridized carbons (Fsp3) is 0.467. The first-order valence-corrected chi connectivity index (χ1v) is 6.82. The molecule has 0 fully saturated rings. The summed E-state index contributed by atoms with van der Waals surface area (Å²) in [6.07, 6.45) is 1.08. The largest absolute Gasteiger partial charge is 0.342 e. The van der Waals surface area contributed by atoms with Crippen LogP contribution in [-0.4, -0.2) is 36.7 Å². The summed E-state index contributed by atoms with van der Waals surface area (Å²) in [6, 6.07) is 7.57. The third-order valence-electron chi connectivity index (χ3n) is 3.84. The minimum absolute atomic E-state index is 0.159. The number of rotatable bonds is 3. The van der Waals surface area contributed by atoms with Crippen molar-refractivity contribution in [2.24, 2.45) is 0 Å². The Morgan fingerprint density at radius 2 is 2.21 bits per heavy atom. The molecule has 1 aliphatic rings. The van der Waals surface area contributed by atoms with E-state index in [0.717, 1.165) is 37.0 Å². The molecule has 0 aliphatic carbocycles. The fourth-order valence-corrected chi connectivity index (χ4v) is 2.89. The number of halogens is 1. The van der Waals surface area contributed by atoms with Crippen molar-refractivity contribution in [3.63, 3.8) is 0 Å². The van der Waals surface area contributed by atoms with Gasteiger partial charge in [0, 0.05) is 35.7 Å². The SMILES string of the molecule is CN(C)CCC1NCCn2c1cc1cc(F)ccc12. The summed E-state index contributed by atoms with van der Waals surface area (Å²) in [5, 5.41) is 4.57. The highest BCUT2D eigenvalue weighted by molar-refractivity contribution is 5.81. The smallest absolute Gasteiger partial charge is 0.123 e. The molecular weight excluding hydrogens is 241 g/mol. The standard InChI is InChI=1S/C15H20FN3/c1-18(2)7-5-13-15-10-11-9-12(16)3-4-14(11)19(15)8-6-17-13/h3-4,9-10,13,17H,5-8H2,1-2H3. The van der Waals surface area contributed by atoms with Gasteiger partial charge in [0.25, 0.3) is 0 Å². The van der Waals surface area contributed by atoms with Crippen LogP contribution in [0.2, 0.25) is 0 Å². The first-order chi connectivity index (χ1) is 9.15. The molecule has 0 saturated carbocycles. The van der Waals surface area contributed by atoms with Crippen LogP contribution in [0.3, 0.4) is 0 Å². The zero-order valence-corrected chi connectivity index (χ0v) is 11.5. The van der Waals surface area contributed by atoms with E-state index >= 15 is 0 Å². The van der Waals surface area contributed by atoms with Crippen LogP contribution < -0.4 is 5.32 Å². The predicted molar refractivity (Wildman–Crippen MR) is 75.8 cm³/mol. The summed E-state index contributed by atoms with van der Waals surface area (Å²) >= 11 is 0. The molecule has 102 valence electrons. The molecule has 1 aromatic carbocycles. The number of benzene rings is 1. The Bertz CT molecular complexity index is 588. The van der Waals surface area contributed by atoms with Crippen LogP contribution in [0.4, 0.5) is 4.39 Å². The molecule has 1 unspecified atom stereocenters. The summed E-state index contributed by atoms with van der Waals surface area (Å²) in [5.41, 5.74) is 2.43. The van der Waals surface area contributed by atoms with Crippen molar-refractivity contribution in [2.75, 3.05) is 27.2 Å². The third-order valence-corrected chi connectivity index (χ3v) is 3.84. The van der Waals surface area contributed by atoms with Crippen LogP contribution in [-0.2, 0) is 6.54 Å². The average molecular weight is 261 g/mol. The van der Waals surface area contributed by atoms with E-state index in [1.807, 2.05) is 6.07 Å². The van der Waals surface area contributed by atoms with Crippen LogP contribution in [0.25, 0.3) is 10.9 Å². The monoisotopic (exact) mass is 261 g/mol. The Hall–Kier alpha value is -1.39. The van der Waals surface area contributed by atoms with Crippen molar-refractivity contribution in [1.29, 1.82) is 0 Å². The Morgan fingerprint density at radius 3 is 3.00 bits per heavy atom. The fourth-order valence-electron chi connectivity index (χ4n) is 2.89. The summed E-state index contributed by atoms with van der Waals surface area (Å²) in [6.45, 7) is 2.99. The maximum atomic E-state index is 13.3. The van der Waals surface area contributed by atoms with E-state index in [1.165, 1.54) is 5.69 Å². The molecule has 1 N–H and O–H groups in total. The Kier molecular flexibility index (Phi) is 3.29. The highest BCUT2D eigenvalue weighted by atomic mass is 19.1. The number of hydrogen-bond acceptors (Lipinski definition) is 2. The Labute approximate surface area is 113 Å². The zero-order valence-electron chi connectivity index (χ0n) is 11.5. The molecule has 1 aromatic heterocycles. The topological polar surface area (TPSA) is 20.2 Å². The Balaban J connectivity index is 1.97. The van der Waals surface area contributed by atoms with Crippen molar-refractivity contribution in [1.82, 2.24) is 14.8 Å². The van der Waals surface area contributed by atoms with Gasteiger partial charge in [-0.05, 0) is 51.3 Å². The average Bonchev–Trinajstić information content (AvgIpc) is 2.74. The van der Waals surface area contributed by atoms with E-state index in [0.29, 0.717) is 6.04 Å². The lowest BCUT2D eigenvalue weighted by Crippen LogP contribution is -2.34. The highest BCUT2D eigenvalue weighted by Crippen LogP contribution is 2.29. The predicted octanol–water partition coefficient (Wildman–Crippen LogP) is 2.38. The van der Waals surface area contributed by atoms with E-state index in [9.17, 15) is 4.39 Å². The molecule has 0 spiro atoms. The van der Waals surface area contributed by atoms with Gasteiger partial charge >= 0.3 is 0 Å². The molecular formula is C15H20FN3. The van der Waals surface area contributed by atoms with Crippen LogP contribution in [0, 0.1) is 5.82 Å². The molecule has 19 heavy (non-hydrogen) atoms. The number of hydrogen-bond donors (Lipinski definition) is 1. The van der Waals surface area contributed by atoms with Crippen LogP contribution in [0.1, 0.15) is 18.2 Å². The molecule has 4 heteroatoms. The van der Waals surface area contributed by atoms with Gasteiger partial charge in [-0.3, -0.25) is 0 Å². The summed E-state index contributed by atoms with van der Waals surface area (Å²) in [7, 11) is 4.18. The second-order valence-corrected chi connectivity index (χ2v) is 5.52. The second-order valence-electron chi connectivity index (χ2n) is 5.52. The van der Waals surface area contributed by atoms with Crippen molar-refractivity contribution in [2.45, 2.75) is 19.0 Å². The van der Waals surface area contributed by atoms with Gasteiger partial charge < -0.3 is 14.8 Å². The van der Waals surface area contributed by atoms with Crippen LogP contribution in [0.5, 0.6) is 0 Å². The molecule has 0 bridgehead atoms. The molecule has 0 saturated heterocycles. The van der Waals surface area contributed by atoms with Gasteiger partial charge in [-0.25, -0.2) is 4.39 Å². The molecule has 3 rings (SSSR count). The van der Waals surface area contributed by atoms with Gasteiger partial charge in [0.1, 0.15) is 5.82 Å². The van der Waals surface area contributed by atoms with E-state index < -0.39 is 0 Å². The summed E-state index contributed by atoms with van der Waals surface area (Å²) in [5.74, 6) is -0.159. The van der Waals surface area contributed by atoms with Crippen molar-refractivity contribution >= 4 is 10.9 Å². The minimum Gasteiger partial charge on any atom is -0.342 e. The maximum Gasteiger partial charge on any atom is 0.123 e. The lowest BCUT2D eigenvalue weighted by molar-refractivity contribution is 0.337. The van der Waals surface area contributed by atoms with E-state index in [2.05, 4.69) is 34.9 Å². The van der Waals surface area contributed by atoms with Gasteiger partial charge in [0.2, 0.25) is 0 Å². The quantitative estimate of drug-likeness (QED) is 0.915. The highest BCUT2D eigenvalue weighted by Gasteiger charge is 2.21. The third kappa shape index (κ3) is 2.38. The van der Waals surface area contributed by atoms with Gasteiger partial charge in [-0.15, -0.1) is 0 Å². The van der Waals surface area contributed by atoms with Gasteiger partial charge in [0.15, 0.2) is 0 Å². The molecule has 2 heterocycles. The van der Waals surface area contributed by atoms with Crippen molar-refractivity contribution in [3.05, 3.63) is 35.8 Å². The molecule has 0 amide bonds. The zero-order chi connectivity index (χ0) is 13.4. The van der Waals surface area contributed by atoms with Crippen LogP contribution >= 0.6 is 0 Å². The minimum atomic E-state index is -0.159. The molecule has 1 atom stereocenters. The van der Waals surface area contributed by atoms with Gasteiger partial charge in [-0.1, -0.05) is 0 Å². The molecule has 2 aromatic rings. The normalized spacial score (nSPS) is 19.1. The maximum absolute atomic E-state index is 13.3. The van der Waals surface area contributed by atoms with Crippen molar-refractivity contribution < 1.29 is 4.39 Å². The lowest BCUT2D eigenvalue weighted by Gasteiger charge is -2.27. The van der Waals surface area contributed by atoms with Gasteiger partial charge in [-0.2, -0.15) is 0 Å². The number of nitrogens with one attached hydrogen (secondary N) is 1. The molecule has 1 aliphatic heterocycles.